The molecule has 0 unspecified atom stereocenters. The van der Waals surface area contributed by atoms with E-state index in [0.29, 0.717) is 29.1 Å². The van der Waals surface area contributed by atoms with E-state index in [0.717, 1.165) is 0 Å². The molecule has 2 heterocycles. The molecule has 0 atom stereocenters. The number of rotatable bonds is 3. The maximum absolute atomic E-state index is 5.76. The predicted octanol–water partition coefficient (Wildman–Crippen LogP) is 1.67. The zero-order valence-electron chi connectivity index (χ0n) is 8.07. The van der Waals surface area contributed by atoms with Crippen LogP contribution in [0.2, 0.25) is 5.15 Å². The van der Waals surface area contributed by atoms with Gasteiger partial charge in [0, 0.05) is 7.11 Å². The highest BCUT2D eigenvalue weighted by atomic mass is 35.5. The number of ether oxygens (including phenoxy) is 1. The molecule has 0 aliphatic rings. The summed E-state index contributed by atoms with van der Waals surface area (Å²) in [6.45, 7) is 0.396. The summed E-state index contributed by atoms with van der Waals surface area (Å²) in [7, 11) is 1.60. The molecular weight excluding hydrogens is 216 g/mol. The number of halogens is 1. The highest BCUT2D eigenvalue weighted by Crippen LogP contribution is 2.14. The van der Waals surface area contributed by atoms with Gasteiger partial charge in [-0.2, -0.15) is 5.10 Å². The minimum atomic E-state index is 0.396. The van der Waals surface area contributed by atoms with Crippen molar-refractivity contribution < 1.29 is 4.74 Å². The molecule has 0 fully saturated rings. The highest BCUT2D eigenvalue weighted by molar-refractivity contribution is 6.29. The second-order valence-corrected chi connectivity index (χ2v) is 3.27. The third-order valence-electron chi connectivity index (χ3n) is 1.76. The maximum Gasteiger partial charge on any atom is 0.199 e. The lowest BCUT2D eigenvalue weighted by atomic mass is 10.3. The number of nitrogens with zero attached hydrogens (tertiary/aromatic N) is 3. The van der Waals surface area contributed by atoms with E-state index in [1.807, 2.05) is 0 Å². The highest BCUT2D eigenvalue weighted by Gasteiger charge is 2.06. The maximum atomic E-state index is 5.76. The van der Waals surface area contributed by atoms with Gasteiger partial charge in [-0.1, -0.05) is 17.7 Å². The zero-order valence-corrected chi connectivity index (χ0v) is 8.82. The molecule has 2 rings (SSSR count). The zero-order chi connectivity index (χ0) is 10.7. The van der Waals surface area contributed by atoms with Gasteiger partial charge in [0.15, 0.2) is 11.6 Å². The first-order chi connectivity index (χ1) is 7.29. The van der Waals surface area contributed by atoms with Crippen molar-refractivity contribution in [1.29, 1.82) is 0 Å². The topological polar surface area (TPSA) is 63.7 Å². The second-order valence-electron chi connectivity index (χ2n) is 2.88. The fourth-order valence-corrected chi connectivity index (χ4v) is 1.31. The summed E-state index contributed by atoms with van der Waals surface area (Å²) in [6, 6.07) is 5.30. The number of aromatic nitrogens is 4. The van der Waals surface area contributed by atoms with Crippen molar-refractivity contribution in [3.05, 3.63) is 29.2 Å². The number of methoxy groups -OCH3 is 1. The van der Waals surface area contributed by atoms with E-state index in [9.17, 15) is 0 Å². The number of hydrogen-bond donors (Lipinski definition) is 1. The molecule has 78 valence electrons. The lowest BCUT2D eigenvalue weighted by Gasteiger charge is -1.93. The standard InChI is InChI=1S/C9H9ClN4O/c1-15-5-8-12-9(14-13-8)6-3-2-4-7(10)11-6/h2-4H,5H2,1H3,(H,12,13,14). The summed E-state index contributed by atoms with van der Waals surface area (Å²) >= 11 is 5.76. The van der Waals surface area contributed by atoms with Gasteiger partial charge in [0.05, 0.1) is 0 Å². The summed E-state index contributed by atoms with van der Waals surface area (Å²) in [6.07, 6.45) is 0. The summed E-state index contributed by atoms with van der Waals surface area (Å²) in [4.78, 5) is 8.30. The lowest BCUT2D eigenvalue weighted by molar-refractivity contribution is 0.178. The van der Waals surface area contributed by atoms with Crippen LogP contribution in [0.5, 0.6) is 0 Å². The van der Waals surface area contributed by atoms with Gasteiger partial charge < -0.3 is 4.74 Å². The SMILES string of the molecule is COCc1nc(-c2cccc(Cl)n2)n[nH]1. The van der Waals surface area contributed by atoms with Gasteiger partial charge in [-0.05, 0) is 12.1 Å². The van der Waals surface area contributed by atoms with Crippen LogP contribution in [0.1, 0.15) is 5.82 Å². The Kier molecular flexibility index (Phi) is 2.94. The largest absolute Gasteiger partial charge is 0.377 e. The Morgan fingerprint density at radius 3 is 3.00 bits per heavy atom. The van der Waals surface area contributed by atoms with E-state index >= 15 is 0 Å². The van der Waals surface area contributed by atoms with Gasteiger partial charge >= 0.3 is 0 Å². The van der Waals surface area contributed by atoms with E-state index < -0.39 is 0 Å². The first-order valence-corrected chi connectivity index (χ1v) is 4.70. The molecule has 0 amide bonds. The van der Waals surface area contributed by atoms with Gasteiger partial charge in [0.2, 0.25) is 0 Å². The van der Waals surface area contributed by atoms with E-state index in [2.05, 4.69) is 20.2 Å². The van der Waals surface area contributed by atoms with E-state index in [-0.39, 0.29) is 0 Å². The monoisotopic (exact) mass is 224 g/mol. The summed E-state index contributed by atoms with van der Waals surface area (Å²) in [5.41, 5.74) is 0.640. The van der Waals surface area contributed by atoms with Crippen molar-refractivity contribution in [2.75, 3.05) is 7.11 Å². The van der Waals surface area contributed by atoms with Crippen molar-refractivity contribution in [2.45, 2.75) is 6.61 Å². The smallest absolute Gasteiger partial charge is 0.199 e. The van der Waals surface area contributed by atoms with Crippen molar-refractivity contribution >= 4 is 11.6 Å². The van der Waals surface area contributed by atoms with Crippen LogP contribution in [0.15, 0.2) is 18.2 Å². The lowest BCUT2D eigenvalue weighted by Crippen LogP contribution is -1.90. The Morgan fingerprint density at radius 1 is 1.40 bits per heavy atom. The van der Waals surface area contributed by atoms with Crippen molar-refractivity contribution in [2.24, 2.45) is 0 Å². The fraction of sp³-hybridized carbons (Fsp3) is 0.222. The minimum absolute atomic E-state index is 0.396. The molecule has 1 N–H and O–H groups in total. The molecule has 15 heavy (non-hydrogen) atoms. The summed E-state index contributed by atoms with van der Waals surface area (Å²) in [5, 5.41) is 7.19. The fourth-order valence-electron chi connectivity index (χ4n) is 1.14. The third kappa shape index (κ3) is 2.31. The summed E-state index contributed by atoms with van der Waals surface area (Å²) in [5.74, 6) is 1.18. The van der Waals surface area contributed by atoms with Gasteiger partial charge in [-0.3, -0.25) is 5.10 Å². The molecule has 5 nitrogen and oxygen atoms in total. The average Bonchev–Trinajstić information content (AvgIpc) is 2.67. The van der Waals surface area contributed by atoms with Crippen LogP contribution in [0.25, 0.3) is 11.5 Å². The number of H-pyrrole nitrogens is 1. The molecule has 0 spiro atoms. The summed E-state index contributed by atoms with van der Waals surface area (Å²) < 4.78 is 4.92. The molecule has 0 saturated heterocycles. The Hall–Kier alpha value is -1.46. The number of pyridine rings is 1. The van der Waals surface area contributed by atoms with Crippen LogP contribution < -0.4 is 0 Å². The van der Waals surface area contributed by atoms with Crippen molar-refractivity contribution in [1.82, 2.24) is 20.2 Å². The van der Waals surface area contributed by atoms with Gasteiger partial charge in [0.1, 0.15) is 17.5 Å². The molecule has 0 aromatic carbocycles. The predicted molar refractivity (Wildman–Crippen MR) is 55.3 cm³/mol. The first kappa shape index (κ1) is 10.1. The van der Waals surface area contributed by atoms with Crippen molar-refractivity contribution in [3.63, 3.8) is 0 Å². The molecule has 0 aliphatic heterocycles. The Labute approximate surface area is 91.5 Å². The molecule has 2 aromatic rings. The normalized spacial score (nSPS) is 10.5. The molecule has 0 aliphatic carbocycles. The van der Waals surface area contributed by atoms with Crippen LogP contribution in [0, 0.1) is 0 Å². The third-order valence-corrected chi connectivity index (χ3v) is 1.97. The Morgan fingerprint density at radius 2 is 2.27 bits per heavy atom. The van der Waals surface area contributed by atoms with Crippen LogP contribution in [0.3, 0.4) is 0 Å². The molecule has 0 bridgehead atoms. The van der Waals surface area contributed by atoms with Gasteiger partial charge in [-0.15, -0.1) is 0 Å². The Balaban J connectivity index is 2.29. The van der Waals surface area contributed by atoms with Gasteiger partial charge in [-0.25, -0.2) is 9.97 Å². The molecule has 2 aromatic heterocycles. The second kappa shape index (κ2) is 4.37. The number of nitrogens with one attached hydrogen (secondary N) is 1. The van der Waals surface area contributed by atoms with Crippen LogP contribution in [-0.4, -0.2) is 27.3 Å². The molecule has 6 heteroatoms. The van der Waals surface area contributed by atoms with Crippen molar-refractivity contribution in [3.8, 4) is 11.5 Å². The quantitative estimate of drug-likeness (QED) is 0.806. The van der Waals surface area contributed by atoms with Crippen LogP contribution >= 0.6 is 11.6 Å². The number of aromatic amines is 1. The van der Waals surface area contributed by atoms with E-state index in [1.165, 1.54) is 0 Å². The Bertz CT molecular complexity index is 457. The van der Waals surface area contributed by atoms with Crippen LogP contribution in [0.4, 0.5) is 0 Å². The minimum Gasteiger partial charge on any atom is -0.377 e. The average molecular weight is 225 g/mol. The first-order valence-electron chi connectivity index (χ1n) is 4.33. The van der Waals surface area contributed by atoms with E-state index in [1.54, 1.807) is 25.3 Å². The number of hydrogen-bond acceptors (Lipinski definition) is 4. The van der Waals surface area contributed by atoms with E-state index in [4.69, 9.17) is 16.3 Å². The molecular formula is C9H9ClN4O. The molecule has 0 radical (unpaired) electrons. The molecule has 0 saturated carbocycles. The van der Waals surface area contributed by atoms with Gasteiger partial charge in [0.25, 0.3) is 0 Å². The van der Waals surface area contributed by atoms with Crippen LogP contribution in [-0.2, 0) is 11.3 Å².